The van der Waals surface area contributed by atoms with Gasteiger partial charge in [-0.1, -0.05) is 12.1 Å². The van der Waals surface area contributed by atoms with Crippen LogP contribution < -0.4 is 16.0 Å². The SMILES string of the molecule is COc1cccc(CCn2c(O)cc(=O)[nH]c2=O)c1. The minimum absolute atomic E-state index is 0.272. The Morgan fingerprint density at radius 1 is 1.32 bits per heavy atom. The van der Waals surface area contributed by atoms with Crippen molar-refractivity contribution in [3.8, 4) is 11.6 Å². The smallest absolute Gasteiger partial charge is 0.331 e. The standard InChI is InChI=1S/C13H14N2O4/c1-19-10-4-2-3-9(7-10)5-6-15-12(17)8-11(16)14-13(15)18/h2-4,7-8,17H,5-6H2,1H3,(H,14,16,18). The second-order valence-corrected chi connectivity index (χ2v) is 4.05. The van der Waals surface area contributed by atoms with Gasteiger partial charge in [0.1, 0.15) is 5.75 Å². The highest BCUT2D eigenvalue weighted by molar-refractivity contribution is 5.28. The zero-order valence-electron chi connectivity index (χ0n) is 10.4. The number of hydrogen-bond acceptors (Lipinski definition) is 4. The first kappa shape index (κ1) is 12.9. The third-order valence-corrected chi connectivity index (χ3v) is 2.77. The number of nitrogens with zero attached hydrogens (tertiary/aromatic N) is 1. The van der Waals surface area contributed by atoms with Crippen LogP contribution in [-0.4, -0.2) is 21.8 Å². The number of hydrogen-bond donors (Lipinski definition) is 2. The summed E-state index contributed by atoms with van der Waals surface area (Å²) < 4.78 is 6.22. The quantitative estimate of drug-likeness (QED) is 0.840. The van der Waals surface area contributed by atoms with Crippen LogP contribution in [0.4, 0.5) is 0 Å². The van der Waals surface area contributed by atoms with Gasteiger partial charge >= 0.3 is 5.69 Å². The van der Waals surface area contributed by atoms with Crippen molar-refractivity contribution in [3.63, 3.8) is 0 Å². The highest BCUT2D eigenvalue weighted by Crippen LogP contribution is 2.13. The summed E-state index contributed by atoms with van der Waals surface area (Å²) in [6.07, 6.45) is 0.538. The van der Waals surface area contributed by atoms with E-state index >= 15 is 0 Å². The normalized spacial score (nSPS) is 10.4. The predicted molar refractivity (Wildman–Crippen MR) is 69.7 cm³/mol. The molecule has 6 nitrogen and oxygen atoms in total. The van der Waals surface area contributed by atoms with Gasteiger partial charge in [0.15, 0.2) is 0 Å². The summed E-state index contributed by atoms with van der Waals surface area (Å²) in [5, 5.41) is 9.57. The summed E-state index contributed by atoms with van der Waals surface area (Å²) in [4.78, 5) is 24.6. The number of aryl methyl sites for hydroxylation is 1. The monoisotopic (exact) mass is 262 g/mol. The summed E-state index contributed by atoms with van der Waals surface area (Å²) in [7, 11) is 1.58. The van der Waals surface area contributed by atoms with E-state index in [-0.39, 0.29) is 12.4 Å². The van der Waals surface area contributed by atoms with Crippen molar-refractivity contribution in [3.05, 3.63) is 56.7 Å². The van der Waals surface area contributed by atoms with E-state index in [1.54, 1.807) is 7.11 Å². The largest absolute Gasteiger partial charge is 0.497 e. The van der Waals surface area contributed by atoms with Crippen LogP contribution in [0.15, 0.2) is 39.9 Å². The van der Waals surface area contributed by atoms with Crippen LogP contribution in [0, 0.1) is 0 Å². The van der Waals surface area contributed by atoms with Gasteiger partial charge in [-0.2, -0.15) is 0 Å². The van der Waals surface area contributed by atoms with Gasteiger partial charge in [-0.05, 0) is 24.1 Å². The molecule has 0 amide bonds. The zero-order valence-corrected chi connectivity index (χ0v) is 10.4. The average Bonchev–Trinajstić information content (AvgIpc) is 2.37. The van der Waals surface area contributed by atoms with Crippen molar-refractivity contribution in [2.45, 2.75) is 13.0 Å². The Morgan fingerprint density at radius 3 is 2.79 bits per heavy atom. The molecule has 1 aromatic heterocycles. The van der Waals surface area contributed by atoms with Crippen LogP contribution >= 0.6 is 0 Å². The van der Waals surface area contributed by atoms with Crippen molar-refractivity contribution in [1.82, 2.24) is 9.55 Å². The van der Waals surface area contributed by atoms with Gasteiger partial charge in [0, 0.05) is 6.54 Å². The Morgan fingerprint density at radius 2 is 2.11 bits per heavy atom. The molecule has 19 heavy (non-hydrogen) atoms. The molecule has 0 bridgehead atoms. The molecular weight excluding hydrogens is 248 g/mol. The van der Waals surface area contributed by atoms with Crippen LogP contribution in [0.1, 0.15) is 5.56 Å². The van der Waals surface area contributed by atoms with E-state index in [9.17, 15) is 14.7 Å². The maximum Gasteiger partial charge on any atom is 0.331 e. The summed E-state index contributed by atoms with van der Waals surface area (Å²) in [5.74, 6) is 0.396. The van der Waals surface area contributed by atoms with Gasteiger partial charge in [-0.25, -0.2) is 4.79 Å². The molecule has 0 spiro atoms. The molecule has 6 heteroatoms. The van der Waals surface area contributed by atoms with Gasteiger partial charge in [0.05, 0.1) is 13.2 Å². The van der Waals surface area contributed by atoms with Gasteiger partial charge in [-0.15, -0.1) is 0 Å². The van der Waals surface area contributed by atoms with E-state index < -0.39 is 11.2 Å². The summed E-state index contributed by atoms with van der Waals surface area (Å²) in [6, 6.07) is 8.41. The maximum absolute atomic E-state index is 11.5. The van der Waals surface area contributed by atoms with Gasteiger partial charge < -0.3 is 9.84 Å². The van der Waals surface area contributed by atoms with E-state index in [1.165, 1.54) is 0 Å². The molecule has 0 radical (unpaired) electrons. The van der Waals surface area contributed by atoms with Crippen molar-refractivity contribution < 1.29 is 9.84 Å². The first-order valence-electron chi connectivity index (χ1n) is 5.76. The summed E-state index contributed by atoms with van der Waals surface area (Å²) in [6.45, 7) is 0.272. The predicted octanol–water partition coefficient (Wildman–Crippen LogP) is 0.494. The summed E-state index contributed by atoms with van der Waals surface area (Å²) in [5.41, 5.74) is -0.259. The Bertz CT molecular complexity index is 688. The van der Waals surface area contributed by atoms with E-state index in [4.69, 9.17) is 4.74 Å². The highest BCUT2D eigenvalue weighted by atomic mass is 16.5. The number of aromatic hydroxyl groups is 1. The number of aromatic nitrogens is 2. The van der Waals surface area contributed by atoms with Gasteiger partial charge in [0.25, 0.3) is 5.56 Å². The molecule has 0 unspecified atom stereocenters. The molecule has 2 N–H and O–H groups in total. The Labute approximate surface area is 108 Å². The number of ether oxygens (including phenoxy) is 1. The Hall–Kier alpha value is -2.50. The number of benzene rings is 1. The average molecular weight is 262 g/mol. The maximum atomic E-state index is 11.5. The fourth-order valence-electron chi connectivity index (χ4n) is 1.79. The number of H-pyrrole nitrogens is 1. The van der Waals surface area contributed by atoms with E-state index in [2.05, 4.69) is 4.98 Å². The fraction of sp³-hybridized carbons (Fsp3) is 0.231. The molecule has 0 saturated carbocycles. The van der Waals surface area contributed by atoms with E-state index in [0.29, 0.717) is 6.42 Å². The molecule has 0 fully saturated rings. The van der Waals surface area contributed by atoms with Gasteiger partial charge in [-0.3, -0.25) is 14.3 Å². The fourth-order valence-corrected chi connectivity index (χ4v) is 1.79. The molecular formula is C13H14N2O4. The number of aromatic amines is 1. The first-order valence-corrected chi connectivity index (χ1v) is 5.76. The van der Waals surface area contributed by atoms with Crippen molar-refractivity contribution >= 4 is 0 Å². The lowest BCUT2D eigenvalue weighted by Crippen LogP contribution is -2.29. The third kappa shape index (κ3) is 3.04. The zero-order chi connectivity index (χ0) is 13.8. The van der Waals surface area contributed by atoms with Crippen LogP contribution in [0.5, 0.6) is 11.6 Å². The molecule has 0 aliphatic heterocycles. The molecule has 0 aliphatic carbocycles. The van der Waals surface area contributed by atoms with Crippen molar-refractivity contribution in [1.29, 1.82) is 0 Å². The summed E-state index contributed by atoms with van der Waals surface area (Å²) >= 11 is 0. The molecule has 1 heterocycles. The second-order valence-electron chi connectivity index (χ2n) is 4.05. The molecule has 100 valence electrons. The first-order chi connectivity index (χ1) is 9.10. The lowest BCUT2D eigenvalue weighted by Gasteiger charge is -2.08. The van der Waals surface area contributed by atoms with E-state index in [0.717, 1.165) is 21.9 Å². The van der Waals surface area contributed by atoms with Crippen molar-refractivity contribution in [2.75, 3.05) is 7.11 Å². The number of nitrogens with one attached hydrogen (secondary N) is 1. The number of rotatable bonds is 4. The highest BCUT2D eigenvalue weighted by Gasteiger charge is 2.05. The lowest BCUT2D eigenvalue weighted by molar-refractivity contribution is 0.399. The van der Waals surface area contributed by atoms with Gasteiger partial charge in [0.2, 0.25) is 5.88 Å². The lowest BCUT2D eigenvalue weighted by atomic mass is 10.1. The van der Waals surface area contributed by atoms with E-state index in [1.807, 2.05) is 24.3 Å². The Kier molecular flexibility index (Phi) is 3.70. The van der Waals surface area contributed by atoms with Crippen LogP contribution in [-0.2, 0) is 13.0 Å². The molecule has 0 atom stereocenters. The third-order valence-electron chi connectivity index (χ3n) is 2.77. The molecule has 2 rings (SSSR count). The number of methoxy groups -OCH3 is 1. The van der Waals surface area contributed by atoms with Crippen LogP contribution in [0.25, 0.3) is 0 Å². The molecule has 0 saturated heterocycles. The van der Waals surface area contributed by atoms with Crippen LogP contribution in [0.3, 0.4) is 0 Å². The second kappa shape index (κ2) is 5.43. The molecule has 0 aliphatic rings. The molecule has 1 aromatic carbocycles. The minimum Gasteiger partial charge on any atom is -0.497 e. The van der Waals surface area contributed by atoms with Crippen LogP contribution in [0.2, 0.25) is 0 Å². The topological polar surface area (TPSA) is 84.3 Å². The molecule has 2 aromatic rings. The van der Waals surface area contributed by atoms with Crippen molar-refractivity contribution in [2.24, 2.45) is 0 Å². The Balaban J connectivity index is 2.19. The minimum atomic E-state index is -0.618.